The maximum atomic E-state index is 12.6. The van der Waals surface area contributed by atoms with Crippen LogP contribution in [0.4, 0.5) is 21.2 Å². The van der Waals surface area contributed by atoms with Crippen LogP contribution in [0.5, 0.6) is 5.75 Å². The smallest absolute Gasteiger partial charge is 0.319 e. The van der Waals surface area contributed by atoms with Crippen molar-refractivity contribution in [2.45, 2.75) is 58.9 Å². The number of benzene rings is 2. The van der Waals surface area contributed by atoms with Gasteiger partial charge in [0.05, 0.1) is 6.34 Å². The van der Waals surface area contributed by atoms with Gasteiger partial charge in [-0.1, -0.05) is 53.7 Å². The number of nitrogens with zero attached hydrogens (tertiary/aromatic N) is 1. The molecule has 6 nitrogen and oxygen atoms in total. The molecule has 0 aliphatic carbocycles. The summed E-state index contributed by atoms with van der Waals surface area (Å²) < 4.78 is 0. The Kier molecular flexibility index (Phi) is 7.36. The lowest BCUT2D eigenvalue weighted by Gasteiger charge is -2.28. The number of hydrogen-bond donors (Lipinski definition) is 4. The van der Waals surface area contributed by atoms with Crippen LogP contribution in [0, 0.1) is 5.41 Å². The van der Waals surface area contributed by atoms with E-state index in [1.807, 2.05) is 95.5 Å². The highest BCUT2D eigenvalue weighted by Gasteiger charge is 2.26. The number of aromatic hydroxyl groups is 1. The summed E-state index contributed by atoms with van der Waals surface area (Å²) in [6, 6.07) is 15.0. The Hall–Kier alpha value is -3.32. The third kappa shape index (κ3) is 5.97. The largest absolute Gasteiger partial charge is 0.507 e. The maximum Gasteiger partial charge on any atom is 0.319 e. The molecule has 4 N–H and O–H groups in total. The fourth-order valence-corrected chi connectivity index (χ4v) is 4.38. The van der Waals surface area contributed by atoms with Gasteiger partial charge >= 0.3 is 6.03 Å². The highest BCUT2D eigenvalue weighted by atomic mass is 32.1. The molecule has 1 aromatic heterocycles. The molecule has 0 atom stereocenters. The average Bonchev–Trinajstić information content (AvgIpc) is 3.27. The first-order valence-electron chi connectivity index (χ1n) is 11.3. The molecule has 2 aromatic carbocycles. The average molecular weight is 479 g/mol. The first-order valence-corrected chi connectivity index (χ1v) is 12.1. The van der Waals surface area contributed by atoms with E-state index in [2.05, 4.69) is 10.6 Å². The second-order valence-corrected chi connectivity index (χ2v) is 11.3. The second-order valence-electron chi connectivity index (χ2n) is 10.3. The quantitative estimate of drug-likeness (QED) is 0.173. The van der Waals surface area contributed by atoms with E-state index in [-0.39, 0.29) is 22.6 Å². The van der Waals surface area contributed by atoms with Gasteiger partial charge in [0, 0.05) is 29.0 Å². The lowest BCUT2D eigenvalue weighted by atomic mass is 9.79. The van der Waals surface area contributed by atoms with Gasteiger partial charge in [0.15, 0.2) is 0 Å². The highest BCUT2D eigenvalue weighted by molar-refractivity contribution is 7.14. The fourth-order valence-electron chi connectivity index (χ4n) is 3.65. The highest BCUT2D eigenvalue weighted by Crippen LogP contribution is 2.41. The van der Waals surface area contributed by atoms with Gasteiger partial charge in [0.25, 0.3) is 0 Å². The van der Waals surface area contributed by atoms with Gasteiger partial charge < -0.3 is 15.7 Å². The molecular formula is C27H34N4O2S. The Balaban J connectivity index is 1.70. The minimum atomic E-state index is -0.311. The van der Waals surface area contributed by atoms with Crippen LogP contribution in [-0.4, -0.2) is 17.5 Å². The molecule has 0 spiro atoms. The first kappa shape index (κ1) is 25.3. The molecule has 0 radical (unpaired) electrons. The van der Waals surface area contributed by atoms with Crippen LogP contribution >= 0.6 is 11.3 Å². The van der Waals surface area contributed by atoms with Crippen molar-refractivity contribution in [3.63, 3.8) is 0 Å². The van der Waals surface area contributed by atoms with E-state index in [1.54, 1.807) is 16.2 Å². The molecule has 3 rings (SSSR count). The van der Waals surface area contributed by atoms with Crippen molar-refractivity contribution in [3.8, 4) is 5.75 Å². The Morgan fingerprint density at radius 3 is 2.09 bits per heavy atom. The summed E-state index contributed by atoms with van der Waals surface area (Å²) >= 11 is 1.57. The number of amides is 2. The third-order valence-corrected chi connectivity index (χ3v) is 6.39. The van der Waals surface area contributed by atoms with Crippen molar-refractivity contribution >= 4 is 40.1 Å². The van der Waals surface area contributed by atoms with Crippen LogP contribution in [-0.2, 0) is 17.4 Å². The molecular weight excluding hydrogens is 444 g/mol. The van der Waals surface area contributed by atoms with Crippen LogP contribution in [0.1, 0.15) is 58.2 Å². The predicted molar refractivity (Wildman–Crippen MR) is 143 cm³/mol. The molecule has 0 fully saturated rings. The van der Waals surface area contributed by atoms with Crippen molar-refractivity contribution < 1.29 is 9.90 Å². The Bertz CT molecular complexity index is 1110. The summed E-state index contributed by atoms with van der Waals surface area (Å²) in [6.07, 6.45) is 1.29. The summed E-state index contributed by atoms with van der Waals surface area (Å²) in [5.74, 6) is 0.285. The predicted octanol–water partition coefficient (Wildman–Crippen LogP) is 7.12. The summed E-state index contributed by atoms with van der Waals surface area (Å²) in [6.45, 7) is 12.6. The molecule has 34 heavy (non-hydrogen) atoms. The molecule has 0 aliphatic rings. The lowest BCUT2D eigenvalue weighted by Crippen LogP contribution is -2.28. The van der Waals surface area contributed by atoms with Crippen molar-refractivity contribution in [2.75, 3.05) is 10.2 Å². The zero-order valence-corrected chi connectivity index (χ0v) is 21.5. The standard InChI is InChI=1S/C27H34N4O2S/c1-26(2,3)21-14-19(15-22(24(21)32)27(4,5)6)30-25(33)29-16-18-9-11-20(12-10-18)31(17-28)23-8-7-13-34-23/h7-15,17,28,32H,16H2,1-6H3,(H2,29,30,33). The van der Waals surface area contributed by atoms with Crippen molar-refractivity contribution in [1.82, 2.24) is 5.32 Å². The van der Waals surface area contributed by atoms with Gasteiger partial charge in [-0.15, -0.1) is 11.3 Å². The lowest BCUT2D eigenvalue weighted by molar-refractivity contribution is 0.251. The number of thiophene rings is 1. The van der Waals surface area contributed by atoms with Crippen LogP contribution < -0.4 is 15.5 Å². The zero-order valence-electron chi connectivity index (χ0n) is 20.7. The van der Waals surface area contributed by atoms with Gasteiger partial charge in [-0.05, 0) is 58.2 Å². The minimum absolute atomic E-state index is 0.270. The second kappa shape index (κ2) is 9.89. The molecule has 2 amide bonds. The zero-order chi connectivity index (χ0) is 25.1. The van der Waals surface area contributed by atoms with E-state index in [0.717, 1.165) is 27.4 Å². The number of carbonyl (C=O) groups is 1. The summed E-state index contributed by atoms with van der Waals surface area (Å²) in [5.41, 5.74) is 3.55. The number of nitrogens with one attached hydrogen (secondary N) is 3. The summed E-state index contributed by atoms with van der Waals surface area (Å²) in [5, 5.41) is 27.4. The molecule has 3 aromatic rings. The van der Waals surface area contributed by atoms with Crippen LogP contribution in [0.25, 0.3) is 0 Å². The Labute approximate surface area is 206 Å². The van der Waals surface area contributed by atoms with Crippen molar-refractivity contribution in [3.05, 3.63) is 70.6 Å². The number of hydrogen-bond acceptors (Lipinski definition) is 4. The van der Waals surface area contributed by atoms with Gasteiger partial charge in [-0.25, -0.2) is 4.79 Å². The van der Waals surface area contributed by atoms with Crippen molar-refractivity contribution in [1.29, 1.82) is 5.41 Å². The number of anilines is 3. The van der Waals surface area contributed by atoms with E-state index >= 15 is 0 Å². The number of phenols is 1. The van der Waals surface area contributed by atoms with E-state index in [1.165, 1.54) is 6.34 Å². The minimum Gasteiger partial charge on any atom is -0.507 e. The van der Waals surface area contributed by atoms with E-state index < -0.39 is 0 Å². The van der Waals surface area contributed by atoms with Crippen molar-refractivity contribution in [2.24, 2.45) is 0 Å². The Morgan fingerprint density at radius 2 is 1.62 bits per heavy atom. The summed E-state index contributed by atoms with van der Waals surface area (Å²) in [4.78, 5) is 14.5. The van der Waals surface area contributed by atoms with Gasteiger partial charge in [-0.3, -0.25) is 10.3 Å². The number of urea groups is 1. The molecule has 0 saturated carbocycles. The normalized spacial score (nSPS) is 11.7. The van der Waals surface area contributed by atoms with Crippen LogP contribution in [0.3, 0.4) is 0 Å². The molecule has 1 heterocycles. The van der Waals surface area contributed by atoms with Crippen LogP contribution in [0.2, 0.25) is 0 Å². The molecule has 0 saturated heterocycles. The molecule has 0 unspecified atom stereocenters. The molecule has 0 bridgehead atoms. The van der Waals surface area contributed by atoms with Crippen LogP contribution in [0.15, 0.2) is 53.9 Å². The topological polar surface area (TPSA) is 88.5 Å². The molecule has 7 heteroatoms. The Morgan fingerprint density at radius 1 is 1.03 bits per heavy atom. The summed E-state index contributed by atoms with van der Waals surface area (Å²) in [7, 11) is 0. The van der Waals surface area contributed by atoms with Gasteiger partial charge in [-0.2, -0.15) is 0 Å². The maximum absolute atomic E-state index is 12.6. The molecule has 0 aliphatic heterocycles. The van der Waals surface area contributed by atoms with Gasteiger partial charge in [0.2, 0.25) is 0 Å². The van der Waals surface area contributed by atoms with E-state index in [4.69, 9.17) is 5.41 Å². The number of phenolic OH excluding ortho intramolecular Hbond substituents is 1. The van der Waals surface area contributed by atoms with E-state index in [0.29, 0.717) is 12.2 Å². The van der Waals surface area contributed by atoms with E-state index in [9.17, 15) is 9.90 Å². The number of carbonyl (C=O) groups excluding carboxylic acids is 1. The molecule has 180 valence electrons. The van der Waals surface area contributed by atoms with Gasteiger partial charge in [0.1, 0.15) is 10.8 Å². The number of rotatable bonds is 6. The monoisotopic (exact) mass is 478 g/mol. The SMILES string of the molecule is CC(C)(C)c1cc(NC(=O)NCc2ccc(N(C=N)c3cccs3)cc2)cc(C(C)(C)C)c1O. The third-order valence-electron chi connectivity index (χ3n) is 5.52. The fraction of sp³-hybridized carbons (Fsp3) is 0.333. The first-order chi connectivity index (χ1) is 15.9.